The molecule has 0 bridgehead atoms. The Morgan fingerprint density at radius 2 is 2.29 bits per heavy atom. The minimum atomic E-state index is 0.720. The van der Waals surface area contributed by atoms with Crippen molar-refractivity contribution in [2.75, 3.05) is 12.9 Å². The lowest BCUT2D eigenvalue weighted by Gasteiger charge is -2.07. The second-order valence-electron chi connectivity index (χ2n) is 3.55. The molecule has 0 aliphatic heterocycles. The summed E-state index contributed by atoms with van der Waals surface area (Å²) in [5, 5.41) is 0.720. The van der Waals surface area contributed by atoms with Crippen LogP contribution in [0.3, 0.4) is 0 Å². The fourth-order valence-corrected chi connectivity index (χ4v) is 1.96. The van der Waals surface area contributed by atoms with Crippen molar-refractivity contribution in [1.82, 2.24) is 0 Å². The molecule has 1 saturated carbocycles. The predicted molar refractivity (Wildman–Crippen MR) is 61.5 cm³/mol. The third-order valence-electron chi connectivity index (χ3n) is 2.31. The quantitative estimate of drug-likeness (QED) is 0.724. The zero-order valence-electron chi connectivity index (χ0n) is 8.13. The van der Waals surface area contributed by atoms with Gasteiger partial charge in [-0.15, -0.1) is 11.8 Å². The second kappa shape index (κ2) is 4.45. The highest BCUT2D eigenvalue weighted by Gasteiger charge is 2.22. The summed E-state index contributed by atoms with van der Waals surface area (Å²) in [6.45, 7) is 0.818. The normalized spacial score (nSPS) is 15.6. The summed E-state index contributed by atoms with van der Waals surface area (Å²) >= 11 is 7.76. The Bertz CT molecular complexity index is 323. The summed E-state index contributed by atoms with van der Waals surface area (Å²) in [5.41, 5.74) is 0. The van der Waals surface area contributed by atoms with Crippen molar-refractivity contribution in [2.24, 2.45) is 5.92 Å². The molecule has 0 amide bonds. The summed E-state index contributed by atoms with van der Waals surface area (Å²) in [5.74, 6) is 1.59. The van der Waals surface area contributed by atoms with Crippen molar-refractivity contribution in [3.63, 3.8) is 0 Å². The van der Waals surface area contributed by atoms with Crippen LogP contribution in [-0.2, 0) is 0 Å². The molecule has 14 heavy (non-hydrogen) atoms. The van der Waals surface area contributed by atoms with Crippen LogP contribution < -0.4 is 4.74 Å². The van der Waals surface area contributed by atoms with E-state index in [9.17, 15) is 0 Å². The summed E-state index contributed by atoms with van der Waals surface area (Å²) in [6, 6.07) is 5.95. The van der Waals surface area contributed by atoms with Crippen molar-refractivity contribution in [2.45, 2.75) is 17.7 Å². The van der Waals surface area contributed by atoms with Crippen LogP contribution in [0.5, 0.6) is 5.75 Å². The van der Waals surface area contributed by atoms with Crippen LogP contribution in [0.15, 0.2) is 23.1 Å². The predicted octanol–water partition coefficient (Wildman–Crippen LogP) is 3.85. The molecule has 0 N–H and O–H groups in total. The number of thioether (sulfide) groups is 1. The number of halogens is 1. The monoisotopic (exact) mass is 228 g/mol. The molecule has 2 rings (SSSR count). The molecule has 0 saturated heterocycles. The first kappa shape index (κ1) is 10.2. The zero-order valence-corrected chi connectivity index (χ0v) is 9.70. The van der Waals surface area contributed by atoms with Crippen molar-refractivity contribution in [3.8, 4) is 5.75 Å². The van der Waals surface area contributed by atoms with E-state index >= 15 is 0 Å². The number of ether oxygens (including phenoxy) is 1. The van der Waals surface area contributed by atoms with Gasteiger partial charge >= 0.3 is 0 Å². The number of rotatable bonds is 4. The van der Waals surface area contributed by atoms with Gasteiger partial charge in [-0.05, 0) is 43.2 Å². The van der Waals surface area contributed by atoms with Crippen LogP contribution in [0.1, 0.15) is 12.8 Å². The Labute approximate surface area is 93.8 Å². The fourth-order valence-electron chi connectivity index (χ4n) is 1.22. The van der Waals surface area contributed by atoms with E-state index in [1.54, 1.807) is 11.8 Å². The van der Waals surface area contributed by atoms with E-state index in [0.717, 1.165) is 23.3 Å². The number of hydrogen-bond donors (Lipinski definition) is 0. The highest BCUT2D eigenvalue weighted by molar-refractivity contribution is 7.98. The van der Waals surface area contributed by atoms with Crippen molar-refractivity contribution in [3.05, 3.63) is 23.2 Å². The molecule has 1 fully saturated rings. The lowest BCUT2D eigenvalue weighted by Crippen LogP contribution is -1.99. The number of hydrogen-bond acceptors (Lipinski definition) is 2. The van der Waals surface area contributed by atoms with Gasteiger partial charge in [0.25, 0.3) is 0 Å². The standard InChI is InChI=1S/C11H13ClOS/c1-14-9-4-5-11(10(12)6-9)13-7-8-2-3-8/h4-6,8H,2-3,7H2,1H3. The molecule has 0 atom stereocenters. The smallest absolute Gasteiger partial charge is 0.137 e. The Hall–Kier alpha value is -0.340. The average Bonchev–Trinajstić information content (AvgIpc) is 2.99. The van der Waals surface area contributed by atoms with Gasteiger partial charge < -0.3 is 4.74 Å². The van der Waals surface area contributed by atoms with Crippen LogP contribution in [0.25, 0.3) is 0 Å². The van der Waals surface area contributed by atoms with E-state index < -0.39 is 0 Å². The average molecular weight is 229 g/mol. The van der Waals surface area contributed by atoms with Gasteiger partial charge in [0.2, 0.25) is 0 Å². The van der Waals surface area contributed by atoms with Gasteiger partial charge in [-0.25, -0.2) is 0 Å². The highest BCUT2D eigenvalue weighted by Crippen LogP contribution is 2.33. The van der Waals surface area contributed by atoms with Gasteiger partial charge in [-0.1, -0.05) is 11.6 Å². The third-order valence-corrected chi connectivity index (χ3v) is 3.33. The summed E-state index contributed by atoms with van der Waals surface area (Å²) < 4.78 is 5.62. The largest absolute Gasteiger partial charge is 0.492 e. The maximum atomic E-state index is 6.07. The molecular formula is C11H13ClOS. The Balaban J connectivity index is 2.01. The molecule has 3 heteroatoms. The first-order valence-corrected chi connectivity index (χ1v) is 6.36. The topological polar surface area (TPSA) is 9.23 Å². The molecule has 1 aromatic carbocycles. The minimum Gasteiger partial charge on any atom is -0.492 e. The summed E-state index contributed by atoms with van der Waals surface area (Å²) in [4.78, 5) is 1.17. The second-order valence-corrected chi connectivity index (χ2v) is 4.84. The maximum absolute atomic E-state index is 6.07. The summed E-state index contributed by atoms with van der Waals surface area (Å²) in [6.07, 6.45) is 4.65. The molecule has 0 aromatic heterocycles. The van der Waals surface area contributed by atoms with Gasteiger partial charge in [0.15, 0.2) is 0 Å². The van der Waals surface area contributed by atoms with E-state index in [-0.39, 0.29) is 0 Å². The third kappa shape index (κ3) is 2.58. The van der Waals surface area contributed by atoms with Crippen molar-refractivity contribution >= 4 is 23.4 Å². The van der Waals surface area contributed by atoms with Gasteiger partial charge in [0.1, 0.15) is 5.75 Å². The zero-order chi connectivity index (χ0) is 9.97. The van der Waals surface area contributed by atoms with Crippen LogP contribution in [0.4, 0.5) is 0 Å². The Morgan fingerprint density at radius 3 is 2.86 bits per heavy atom. The highest BCUT2D eigenvalue weighted by atomic mass is 35.5. The first-order valence-electron chi connectivity index (χ1n) is 4.76. The van der Waals surface area contributed by atoms with E-state index in [2.05, 4.69) is 0 Å². The molecule has 0 unspecified atom stereocenters. The lowest BCUT2D eigenvalue weighted by atomic mass is 10.3. The molecule has 1 aliphatic rings. The van der Waals surface area contributed by atoms with Gasteiger partial charge in [0, 0.05) is 4.90 Å². The van der Waals surface area contributed by atoms with Gasteiger partial charge in [-0.2, -0.15) is 0 Å². The van der Waals surface area contributed by atoms with Crippen LogP contribution in [-0.4, -0.2) is 12.9 Å². The van der Waals surface area contributed by atoms with E-state index in [1.165, 1.54) is 17.7 Å². The minimum absolute atomic E-state index is 0.720. The van der Waals surface area contributed by atoms with Crippen molar-refractivity contribution in [1.29, 1.82) is 0 Å². The van der Waals surface area contributed by atoms with Crippen molar-refractivity contribution < 1.29 is 4.74 Å². The summed E-state index contributed by atoms with van der Waals surface area (Å²) in [7, 11) is 0. The first-order chi connectivity index (χ1) is 6.79. The van der Waals surface area contributed by atoms with E-state index in [1.807, 2.05) is 24.5 Å². The maximum Gasteiger partial charge on any atom is 0.137 e. The lowest BCUT2D eigenvalue weighted by molar-refractivity contribution is 0.300. The molecule has 1 nitrogen and oxygen atoms in total. The molecule has 0 heterocycles. The molecule has 1 aliphatic carbocycles. The van der Waals surface area contributed by atoms with Gasteiger partial charge in [-0.3, -0.25) is 0 Å². The van der Waals surface area contributed by atoms with Gasteiger partial charge in [0.05, 0.1) is 11.6 Å². The molecule has 0 radical (unpaired) electrons. The molecular weight excluding hydrogens is 216 g/mol. The van der Waals surface area contributed by atoms with Crippen LogP contribution in [0, 0.1) is 5.92 Å². The van der Waals surface area contributed by atoms with Crippen LogP contribution in [0.2, 0.25) is 5.02 Å². The fraction of sp³-hybridized carbons (Fsp3) is 0.455. The van der Waals surface area contributed by atoms with E-state index in [4.69, 9.17) is 16.3 Å². The Morgan fingerprint density at radius 1 is 1.50 bits per heavy atom. The van der Waals surface area contributed by atoms with Crippen LogP contribution >= 0.6 is 23.4 Å². The molecule has 0 spiro atoms. The number of benzene rings is 1. The van der Waals surface area contributed by atoms with E-state index in [0.29, 0.717) is 0 Å². The SMILES string of the molecule is CSc1ccc(OCC2CC2)c(Cl)c1. The Kier molecular flexibility index (Phi) is 3.24. The molecule has 1 aromatic rings. The molecule has 76 valence electrons.